The van der Waals surface area contributed by atoms with E-state index in [0.29, 0.717) is 12.8 Å². The number of hydrogen-bond donors (Lipinski definition) is 3. The van der Waals surface area contributed by atoms with Crippen LogP contribution < -0.4 is 4.72 Å². The van der Waals surface area contributed by atoms with Gasteiger partial charge in [0.1, 0.15) is 0 Å². The molecule has 0 amide bonds. The number of carbonyl (C=O) groups is 1. The van der Waals surface area contributed by atoms with Crippen molar-refractivity contribution in [3.05, 3.63) is 11.2 Å². The second kappa shape index (κ2) is 4.02. The minimum absolute atomic E-state index is 0.298. The van der Waals surface area contributed by atoms with Gasteiger partial charge in [0.25, 0.3) is 10.0 Å². The second-order valence-electron chi connectivity index (χ2n) is 3.84. The number of aromatic carboxylic acids is 1. The fraction of sp³-hybridized carbons (Fsp3) is 0.500. The molecule has 1 aliphatic carbocycles. The van der Waals surface area contributed by atoms with Gasteiger partial charge in [-0.1, -0.05) is 0 Å². The average Bonchev–Trinajstić information content (AvgIpc) is 2.82. The van der Waals surface area contributed by atoms with Crippen LogP contribution in [0.3, 0.4) is 0 Å². The molecule has 7 nitrogen and oxygen atoms in total. The minimum Gasteiger partial charge on any atom is -0.476 e. The molecule has 94 valence electrons. The Balaban J connectivity index is 2.32. The van der Waals surface area contributed by atoms with E-state index in [-0.39, 0.29) is 10.8 Å². The molecule has 9 heteroatoms. The van der Waals surface area contributed by atoms with Gasteiger partial charge in [-0.2, -0.15) is 0 Å². The van der Waals surface area contributed by atoms with Gasteiger partial charge < -0.3 is 10.2 Å². The van der Waals surface area contributed by atoms with Crippen LogP contribution in [0.2, 0.25) is 0 Å². The lowest BCUT2D eigenvalue weighted by atomic mass is 10.3. The number of nitrogens with one attached hydrogen (secondary N) is 1. The van der Waals surface area contributed by atoms with Gasteiger partial charge >= 0.3 is 5.97 Å². The summed E-state index contributed by atoms with van der Waals surface area (Å²) in [4.78, 5) is 14.3. The predicted octanol–water partition coefficient (Wildman–Crippen LogP) is -0.356. The van der Waals surface area contributed by atoms with Crippen molar-refractivity contribution in [1.82, 2.24) is 9.71 Å². The van der Waals surface area contributed by atoms with Gasteiger partial charge in [0, 0.05) is 0 Å². The van der Waals surface area contributed by atoms with E-state index in [0.717, 1.165) is 16.8 Å². The van der Waals surface area contributed by atoms with E-state index >= 15 is 0 Å². The highest BCUT2D eigenvalue weighted by atomic mass is 32.2. The molecule has 1 saturated carbocycles. The van der Waals surface area contributed by atoms with Crippen molar-refractivity contribution in [2.45, 2.75) is 22.6 Å². The molecule has 0 radical (unpaired) electrons. The first kappa shape index (κ1) is 12.4. The lowest BCUT2D eigenvalue weighted by Crippen LogP contribution is -2.39. The van der Waals surface area contributed by atoms with Gasteiger partial charge in [0.2, 0.25) is 0 Å². The van der Waals surface area contributed by atoms with Gasteiger partial charge in [-0.25, -0.2) is 22.9 Å². The molecule has 1 heterocycles. The highest BCUT2D eigenvalue weighted by Gasteiger charge is 2.46. The number of hydrogen-bond acceptors (Lipinski definition) is 6. The monoisotopic (exact) mass is 278 g/mol. The highest BCUT2D eigenvalue weighted by Crippen LogP contribution is 2.36. The van der Waals surface area contributed by atoms with Crippen molar-refractivity contribution < 1.29 is 23.4 Å². The highest BCUT2D eigenvalue weighted by molar-refractivity contribution is 7.91. The molecule has 17 heavy (non-hydrogen) atoms. The van der Waals surface area contributed by atoms with Crippen LogP contribution in [0.5, 0.6) is 0 Å². The first-order valence-corrected chi connectivity index (χ1v) is 7.08. The molecule has 0 atom stereocenters. The first-order valence-electron chi connectivity index (χ1n) is 4.72. The number of carboxylic acid groups (broad SMARTS) is 1. The maximum absolute atomic E-state index is 11.9. The molecule has 1 aromatic rings. The fourth-order valence-electron chi connectivity index (χ4n) is 1.34. The molecule has 0 aliphatic heterocycles. The second-order valence-corrected chi connectivity index (χ2v) is 6.57. The molecule has 1 aliphatic rings. The van der Waals surface area contributed by atoms with Crippen molar-refractivity contribution >= 4 is 27.3 Å². The van der Waals surface area contributed by atoms with Crippen LogP contribution >= 0.6 is 11.3 Å². The Labute approximate surface area is 101 Å². The molecule has 1 fully saturated rings. The summed E-state index contributed by atoms with van der Waals surface area (Å²) in [7, 11) is -3.93. The number of rotatable bonds is 5. The van der Waals surface area contributed by atoms with Crippen LogP contribution in [-0.2, 0) is 10.0 Å². The largest absolute Gasteiger partial charge is 0.476 e. The zero-order valence-corrected chi connectivity index (χ0v) is 10.2. The number of aromatic nitrogens is 1. The molecular formula is C8H10N2O5S2. The number of nitrogens with zero attached hydrogens (tertiary/aromatic N) is 1. The topological polar surface area (TPSA) is 117 Å². The van der Waals surface area contributed by atoms with Gasteiger partial charge in [0.15, 0.2) is 9.90 Å². The third-order valence-corrected chi connectivity index (χ3v) is 5.44. The predicted molar refractivity (Wildman–Crippen MR) is 58.4 cm³/mol. The van der Waals surface area contributed by atoms with Gasteiger partial charge in [-0.05, 0) is 12.8 Å². The molecule has 0 bridgehead atoms. The summed E-state index contributed by atoms with van der Waals surface area (Å²) >= 11 is 0.740. The number of thiazole rings is 1. The van der Waals surface area contributed by atoms with Crippen molar-refractivity contribution in [1.29, 1.82) is 0 Å². The average molecular weight is 278 g/mol. The van der Waals surface area contributed by atoms with Crippen LogP contribution in [0.4, 0.5) is 0 Å². The summed E-state index contributed by atoms with van der Waals surface area (Å²) in [6, 6.07) is 0. The van der Waals surface area contributed by atoms with E-state index in [1.54, 1.807) is 0 Å². The molecular weight excluding hydrogens is 268 g/mol. The minimum atomic E-state index is -3.93. The van der Waals surface area contributed by atoms with Crippen molar-refractivity contribution in [3.8, 4) is 0 Å². The molecule has 1 aromatic heterocycles. The third-order valence-electron chi connectivity index (χ3n) is 2.49. The molecule has 0 aromatic carbocycles. The summed E-state index contributed by atoms with van der Waals surface area (Å²) in [5, 5.41) is 17.8. The zero-order chi connectivity index (χ0) is 12.7. The van der Waals surface area contributed by atoms with E-state index in [1.807, 2.05) is 0 Å². The Bertz CT molecular complexity index is 546. The fourth-order valence-corrected chi connectivity index (χ4v) is 3.94. The van der Waals surface area contributed by atoms with Crippen LogP contribution in [0.1, 0.15) is 23.3 Å². The SMILES string of the molecule is O=C(O)c1ncsc1S(=O)(=O)NC1(CO)CC1. The Morgan fingerprint density at radius 2 is 2.24 bits per heavy atom. The third kappa shape index (κ3) is 2.32. The van der Waals surface area contributed by atoms with Gasteiger partial charge in [-0.15, -0.1) is 11.3 Å². The van der Waals surface area contributed by atoms with Crippen molar-refractivity contribution in [3.63, 3.8) is 0 Å². The van der Waals surface area contributed by atoms with E-state index < -0.39 is 27.2 Å². The molecule has 0 saturated heterocycles. The number of sulfonamides is 1. The van der Waals surface area contributed by atoms with Crippen molar-refractivity contribution in [2.24, 2.45) is 0 Å². The van der Waals surface area contributed by atoms with Crippen LogP contribution in [-0.4, -0.2) is 41.7 Å². The normalized spacial score (nSPS) is 17.9. The Kier molecular flexibility index (Phi) is 2.94. The summed E-state index contributed by atoms with van der Waals surface area (Å²) in [6.45, 7) is -0.298. The maximum atomic E-state index is 11.9. The molecule has 2 rings (SSSR count). The Hall–Kier alpha value is -1.03. The molecule has 0 unspecified atom stereocenters. The van der Waals surface area contributed by atoms with Crippen LogP contribution in [0.15, 0.2) is 9.72 Å². The van der Waals surface area contributed by atoms with E-state index in [4.69, 9.17) is 10.2 Å². The molecule has 3 N–H and O–H groups in total. The quantitative estimate of drug-likeness (QED) is 0.677. The van der Waals surface area contributed by atoms with Crippen molar-refractivity contribution in [2.75, 3.05) is 6.61 Å². The Morgan fingerprint density at radius 1 is 1.59 bits per heavy atom. The summed E-state index contributed by atoms with van der Waals surface area (Å²) in [5.41, 5.74) is -0.147. The number of aliphatic hydroxyl groups is 1. The maximum Gasteiger partial charge on any atom is 0.356 e. The van der Waals surface area contributed by atoms with E-state index in [2.05, 4.69) is 9.71 Å². The smallest absolute Gasteiger partial charge is 0.356 e. The standard InChI is InChI=1S/C8H10N2O5S2/c11-3-8(1-2-8)10-17(14,15)7-5(6(12)13)9-4-16-7/h4,10-11H,1-3H2,(H,12,13). The van der Waals surface area contributed by atoms with E-state index in [1.165, 1.54) is 0 Å². The summed E-state index contributed by atoms with van der Waals surface area (Å²) < 4.78 is 25.8. The van der Waals surface area contributed by atoms with Crippen LogP contribution in [0, 0.1) is 0 Å². The molecule has 0 spiro atoms. The lowest BCUT2D eigenvalue weighted by Gasteiger charge is -2.13. The summed E-state index contributed by atoms with van der Waals surface area (Å²) in [5.74, 6) is -1.39. The van der Waals surface area contributed by atoms with Gasteiger partial charge in [-0.3, -0.25) is 0 Å². The zero-order valence-electron chi connectivity index (χ0n) is 8.58. The first-order chi connectivity index (χ1) is 7.90. The number of carboxylic acids is 1. The van der Waals surface area contributed by atoms with Gasteiger partial charge in [0.05, 0.1) is 17.7 Å². The van der Waals surface area contributed by atoms with E-state index in [9.17, 15) is 13.2 Å². The van der Waals surface area contributed by atoms with Crippen LogP contribution in [0.25, 0.3) is 0 Å². The number of aliphatic hydroxyl groups excluding tert-OH is 1. The Morgan fingerprint density at radius 3 is 2.71 bits per heavy atom. The lowest BCUT2D eigenvalue weighted by molar-refractivity contribution is 0.0687. The summed E-state index contributed by atoms with van der Waals surface area (Å²) in [6.07, 6.45) is 1.09.